The average molecular weight is 520 g/mol. The Hall–Kier alpha value is -2.78. The molecule has 0 spiro atoms. The Morgan fingerprint density at radius 1 is 0.971 bits per heavy atom. The van der Waals surface area contributed by atoms with E-state index in [0.717, 1.165) is 23.1 Å². The van der Waals surface area contributed by atoms with Crippen molar-refractivity contribution in [2.75, 3.05) is 47.4 Å². The standard InChI is InChI=1S/C24H23Cl2N3O4S/c25-18-6-11-23(22(26)16-18)29(34(31,32)21-4-2-1-3-5-21)17-24(30)27-19-7-9-20(10-8-19)28-12-14-33-15-13-28/h1-11,16H,12-15,17H2,(H,27,30). The number of nitrogens with one attached hydrogen (secondary N) is 1. The van der Waals surface area contributed by atoms with Gasteiger partial charge in [-0.15, -0.1) is 0 Å². The summed E-state index contributed by atoms with van der Waals surface area (Å²) in [6.07, 6.45) is 0. The number of amides is 1. The normalized spacial score (nSPS) is 14.0. The molecule has 178 valence electrons. The largest absolute Gasteiger partial charge is 0.378 e. The molecule has 0 radical (unpaired) electrons. The van der Waals surface area contributed by atoms with Gasteiger partial charge in [-0.3, -0.25) is 9.10 Å². The molecule has 0 aliphatic carbocycles. The summed E-state index contributed by atoms with van der Waals surface area (Å²) in [6, 6.07) is 19.7. The fourth-order valence-electron chi connectivity index (χ4n) is 3.61. The van der Waals surface area contributed by atoms with Crippen LogP contribution in [0.4, 0.5) is 17.1 Å². The zero-order valence-electron chi connectivity index (χ0n) is 18.2. The summed E-state index contributed by atoms with van der Waals surface area (Å²) in [5.41, 5.74) is 1.75. The van der Waals surface area contributed by atoms with Gasteiger partial charge < -0.3 is 15.0 Å². The Bertz CT molecular complexity index is 1250. The van der Waals surface area contributed by atoms with E-state index in [4.69, 9.17) is 27.9 Å². The first-order valence-electron chi connectivity index (χ1n) is 10.6. The van der Waals surface area contributed by atoms with Gasteiger partial charge in [0.2, 0.25) is 5.91 Å². The number of rotatable bonds is 7. The topological polar surface area (TPSA) is 79.0 Å². The molecule has 1 aliphatic heterocycles. The molecule has 3 aromatic rings. The van der Waals surface area contributed by atoms with E-state index in [1.54, 1.807) is 30.3 Å². The predicted molar refractivity (Wildman–Crippen MR) is 136 cm³/mol. The lowest BCUT2D eigenvalue weighted by molar-refractivity contribution is -0.114. The minimum Gasteiger partial charge on any atom is -0.378 e. The summed E-state index contributed by atoms with van der Waals surface area (Å²) in [5, 5.41) is 3.25. The third kappa shape index (κ3) is 5.64. The van der Waals surface area contributed by atoms with Gasteiger partial charge in [0.25, 0.3) is 10.0 Å². The molecule has 34 heavy (non-hydrogen) atoms. The molecule has 1 aliphatic rings. The lowest BCUT2D eigenvalue weighted by Gasteiger charge is -2.29. The molecule has 1 heterocycles. The number of carbonyl (C=O) groups excluding carboxylic acids is 1. The molecule has 0 aromatic heterocycles. The van der Waals surface area contributed by atoms with Crippen LogP contribution in [-0.2, 0) is 19.6 Å². The minimum atomic E-state index is -4.07. The maximum absolute atomic E-state index is 13.4. The first kappa shape index (κ1) is 24.3. The van der Waals surface area contributed by atoms with Crippen LogP contribution in [0.5, 0.6) is 0 Å². The number of halogens is 2. The van der Waals surface area contributed by atoms with Crippen molar-refractivity contribution in [3.8, 4) is 0 Å². The summed E-state index contributed by atoms with van der Waals surface area (Å²) in [4.78, 5) is 15.2. The molecule has 1 fully saturated rings. The van der Waals surface area contributed by atoms with Gasteiger partial charge in [-0.05, 0) is 54.6 Å². The number of carbonyl (C=O) groups is 1. The highest BCUT2D eigenvalue weighted by Crippen LogP contribution is 2.32. The second-order valence-corrected chi connectivity index (χ2v) is 10.3. The van der Waals surface area contributed by atoms with Crippen LogP contribution in [0.25, 0.3) is 0 Å². The van der Waals surface area contributed by atoms with Crippen molar-refractivity contribution in [1.29, 1.82) is 0 Å². The first-order chi connectivity index (χ1) is 16.3. The Labute approximate surface area is 208 Å². The van der Waals surface area contributed by atoms with E-state index in [1.807, 2.05) is 12.1 Å². The van der Waals surface area contributed by atoms with Crippen molar-refractivity contribution in [3.05, 3.63) is 82.8 Å². The Balaban J connectivity index is 1.56. The molecular formula is C24H23Cl2N3O4S. The van der Waals surface area contributed by atoms with E-state index in [2.05, 4.69) is 10.2 Å². The zero-order chi connectivity index (χ0) is 24.1. The highest BCUT2D eigenvalue weighted by atomic mass is 35.5. The van der Waals surface area contributed by atoms with Crippen LogP contribution in [0.1, 0.15) is 0 Å². The molecule has 1 N–H and O–H groups in total. The van der Waals surface area contributed by atoms with Gasteiger partial charge in [-0.1, -0.05) is 41.4 Å². The number of morpholine rings is 1. The maximum atomic E-state index is 13.4. The fourth-order valence-corrected chi connectivity index (χ4v) is 5.63. The van der Waals surface area contributed by atoms with Gasteiger partial charge in [-0.25, -0.2) is 8.42 Å². The Kier molecular flexibility index (Phi) is 7.63. The van der Waals surface area contributed by atoms with Gasteiger partial charge in [-0.2, -0.15) is 0 Å². The van der Waals surface area contributed by atoms with E-state index >= 15 is 0 Å². The number of ether oxygens (including phenoxy) is 1. The van der Waals surface area contributed by atoms with Crippen LogP contribution < -0.4 is 14.5 Å². The van der Waals surface area contributed by atoms with Gasteiger partial charge in [0.15, 0.2) is 0 Å². The summed E-state index contributed by atoms with van der Waals surface area (Å²) < 4.78 is 33.2. The van der Waals surface area contributed by atoms with E-state index in [9.17, 15) is 13.2 Å². The predicted octanol–water partition coefficient (Wildman–Crippen LogP) is 4.66. The quantitative estimate of drug-likeness (QED) is 0.490. The number of hydrogen-bond acceptors (Lipinski definition) is 5. The lowest BCUT2D eigenvalue weighted by Crippen LogP contribution is -2.38. The molecule has 10 heteroatoms. The third-order valence-electron chi connectivity index (χ3n) is 5.32. The first-order valence-corrected chi connectivity index (χ1v) is 12.8. The van der Waals surface area contributed by atoms with Crippen LogP contribution in [0.3, 0.4) is 0 Å². The second-order valence-electron chi connectivity index (χ2n) is 7.61. The highest BCUT2D eigenvalue weighted by molar-refractivity contribution is 7.92. The molecule has 7 nitrogen and oxygen atoms in total. The molecule has 4 rings (SSSR count). The van der Waals surface area contributed by atoms with E-state index in [-0.39, 0.29) is 15.6 Å². The third-order valence-corrected chi connectivity index (χ3v) is 7.64. The molecule has 0 unspecified atom stereocenters. The van der Waals surface area contributed by atoms with Gasteiger partial charge in [0.1, 0.15) is 6.54 Å². The van der Waals surface area contributed by atoms with Crippen molar-refractivity contribution in [3.63, 3.8) is 0 Å². The van der Waals surface area contributed by atoms with Crippen molar-refractivity contribution >= 4 is 56.2 Å². The SMILES string of the molecule is O=C(CN(c1ccc(Cl)cc1Cl)S(=O)(=O)c1ccccc1)Nc1ccc(N2CCOCC2)cc1. The molecule has 0 saturated carbocycles. The number of nitrogens with zero attached hydrogens (tertiary/aromatic N) is 2. The Morgan fingerprint density at radius 2 is 1.65 bits per heavy atom. The Morgan fingerprint density at radius 3 is 2.29 bits per heavy atom. The summed E-state index contributed by atoms with van der Waals surface area (Å²) in [5.74, 6) is -0.510. The monoisotopic (exact) mass is 519 g/mol. The van der Waals surface area contributed by atoms with Crippen LogP contribution in [0, 0.1) is 0 Å². The molecule has 3 aromatic carbocycles. The number of anilines is 3. The average Bonchev–Trinajstić information content (AvgIpc) is 2.84. The van der Waals surface area contributed by atoms with Crippen LogP contribution >= 0.6 is 23.2 Å². The van der Waals surface area contributed by atoms with E-state index in [1.165, 1.54) is 30.3 Å². The van der Waals surface area contributed by atoms with Gasteiger partial charge >= 0.3 is 0 Å². The van der Waals surface area contributed by atoms with Crippen LogP contribution in [0.15, 0.2) is 77.7 Å². The molecule has 1 amide bonds. The van der Waals surface area contributed by atoms with Crippen molar-refractivity contribution in [2.24, 2.45) is 0 Å². The van der Waals surface area contributed by atoms with Crippen molar-refractivity contribution in [2.45, 2.75) is 4.90 Å². The highest BCUT2D eigenvalue weighted by Gasteiger charge is 2.29. The molecule has 0 bridgehead atoms. The minimum absolute atomic E-state index is 0.0451. The number of hydrogen-bond donors (Lipinski definition) is 1. The number of sulfonamides is 1. The fraction of sp³-hybridized carbons (Fsp3) is 0.208. The van der Waals surface area contributed by atoms with E-state index < -0.39 is 22.5 Å². The van der Waals surface area contributed by atoms with E-state index in [0.29, 0.717) is 23.9 Å². The van der Waals surface area contributed by atoms with Gasteiger partial charge in [0.05, 0.1) is 28.8 Å². The van der Waals surface area contributed by atoms with Crippen molar-refractivity contribution < 1.29 is 17.9 Å². The number of benzene rings is 3. The summed E-state index contributed by atoms with van der Waals surface area (Å²) in [7, 11) is -4.07. The van der Waals surface area contributed by atoms with Crippen LogP contribution in [-0.4, -0.2) is 47.2 Å². The maximum Gasteiger partial charge on any atom is 0.264 e. The summed E-state index contributed by atoms with van der Waals surface area (Å²) >= 11 is 12.3. The van der Waals surface area contributed by atoms with Crippen molar-refractivity contribution in [1.82, 2.24) is 0 Å². The smallest absolute Gasteiger partial charge is 0.264 e. The van der Waals surface area contributed by atoms with Gasteiger partial charge in [0, 0.05) is 29.5 Å². The second kappa shape index (κ2) is 10.7. The molecular weight excluding hydrogens is 497 g/mol. The van der Waals surface area contributed by atoms with Crippen LogP contribution in [0.2, 0.25) is 10.0 Å². The summed E-state index contributed by atoms with van der Waals surface area (Å²) in [6.45, 7) is 2.50. The molecule has 0 atom stereocenters. The molecule has 1 saturated heterocycles. The lowest BCUT2D eigenvalue weighted by atomic mass is 10.2. The zero-order valence-corrected chi connectivity index (χ0v) is 20.5.